The number of hydrogen-bond acceptors (Lipinski definition) is 3. The lowest BCUT2D eigenvalue weighted by molar-refractivity contribution is -0.120. The van der Waals surface area contributed by atoms with Crippen molar-refractivity contribution in [3.8, 4) is 0 Å². The summed E-state index contributed by atoms with van der Waals surface area (Å²) in [4.78, 5) is 12.2. The minimum absolute atomic E-state index is 0.131. The Morgan fingerprint density at radius 3 is 2.85 bits per heavy atom. The third kappa shape index (κ3) is 4.62. The Balaban J connectivity index is 1.91. The predicted molar refractivity (Wildman–Crippen MR) is 80.6 cm³/mol. The summed E-state index contributed by atoms with van der Waals surface area (Å²) in [5.41, 5.74) is 1.94. The molecular weight excluding hydrogens is 252 g/mol. The van der Waals surface area contributed by atoms with Crippen LogP contribution in [-0.4, -0.2) is 25.1 Å². The molecule has 0 aliphatic carbocycles. The van der Waals surface area contributed by atoms with Crippen molar-refractivity contribution >= 4 is 11.6 Å². The van der Waals surface area contributed by atoms with Crippen molar-refractivity contribution in [3.05, 3.63) is 29.8 Å². The van der Waals surface area contributed by atoms with Crippen LogP contribution in [-0.2, 0) is 16.1 Å². The van der Waals surface area contributed by atoms with Crippen molar-refractivity contribution < 1.29 is 9.53 Å². The van der Waals surface area contributed by atoms with E-state index in [4.69, 9.17) is 4.74 Å². The fraction of sp³-hybridized carbons (Fsp3) is 0.562. The Hall–Kier alpha value is -1.39. The largest absolute Gasteiger partial charge is 0.374 e. The van der Waals surface area contributed by atoms with Crippen LogP contribution in [0.2, 0.25) is 0 Å². The van der Waals surface area contributed by atoms with Crippen LogP contribution >= 0.6 is 0 Å². The highest BCUT2D eigenvalue weighted by Gasteiger charge is 2.20. The topological polar surface area (TPSA) is 50.4 Å². The molecule has 1 aromatic rings. The molecule has 1 amide bonds. The first-order valence-electron chi connectivity index (χ1n) is 7.37. The van der Waals surface area contributed by atoms with E-state index in [1.165, 1.54) is 0 Å². The maximum atomic E-state index is 12.2. The van der Waals surface area contributed by atoms with Gasteiger partial charge >= 0.3 is 0 Å². The lowest BCUT2D eigenvalue weighted by Crippen LogP contribution is -2.34. The van der Waals surface area contributed by atoms with Crippen molar-refractivity contribution in [2.24, 2.45) is 5.92 Å². The van der Waals surface area contributed by atoms with Gasteiger partial charge in [-0.05, 0) is 57.5 Å². The van der Waals surface area contributed by atoms with Crippen LogP contribution in [0.25, 0.3) is 0 Å². The molecule has 1 heterocycles. The molecule has 0 bridgehead atoms. The Bertz CT molecular complexity index is 440. The molecule has 0 aromatic heterocycles. The summed E-state index contributed by atoms with van der Waals surface area (Å²) in [6.07, 6.45) is 2.05. The van der Waals surface area contributed by atoms with Gasteiger partial charge in [0.25, 0.3) is 0 Å². The van der Waals surface area contributed by atoms with Gasteiger partial charge in [-0.3, -0.25) is 4.79 Å². The molecule has 1 aliphatic heterocycles. The molecular formula is C16H24N2O2. The minimum Gasteiger partial charge on any atom is -0.374 e. The van der Waals surface area contributed by atoms with E-state index < -0.39 is 0 Å². The summed E-state index contributed by atoms with van der Waals surface area (Å²) in [5, 5.41) is 6.29. The van der Waals surface area contributed by atoms with Gasteiger partial charge in [-0.1, -0.05) is 12.1 Å². The van der Waals surface area contributed by atoms with Crippen LogP contribution in [0.1, 0.15) is 32.3 Å². The summed E-state index contributed by atoms with van der Waals surface area (Å²) >= 11 is 0. The highest BCUT2D eigenvalue weighted by Crippen LogP contribution is 2.17. The number of nitrogens with one attached hydrogen (secondary N) is 2. The van der Waals surface area contributed by atoms with Crippen molar-refractivity contribution in [1.82, 2.24) is 5.32 Å². The average Bonchev–Trinajstić information content (AvgIpc) is 2.46. The zero-order valence-electron chi connectivity index (χ0n) is 12.3. The first kappa shape index (κ1) is 15.0. The number of ether oxygens (including phenoxy) is 1. The molecule has 2 N–H and O–H groups in total. The second kappa shape index (κ2) is 7.41. The summed E-state index contributed by atoms with van der Waals surface area (Å²) in [6, 6.07) is 7.89. The van der Waals surface area contributed by atoms with Gasteiger partial charge in [0.05, 0.1) is 12.7 Å². The standard InChI is InChI=1S/C16H24N2O2/c1-12(2)20-11-13-4-3-5-15(10-13)18-16(19)14-6-8-17-9-7-14/h3-5,10,12,14,17H,6-9,11H2,1-2H3,(H,18,19). The maximum Gasteiger partial charge on any atom is 0.227 e. The van der Waals surface area contributed by atoms with E-state index in [1.807, 2.05) is 38.1 Å². The van der Waals surface area contributed by atoms with Gasteiger partial charge in [0.2, 0.25) is 5.91 Å². The predicted octanol–water partition coefficient (Wildman–Crippen LogP) is 2.55. The van der Waals surface area contributed by atoms with Gasteiger partial charge in [-0.2, -0.15) is 0 Å². The number of rotatable bonds is 5. The lowest BCUT2D eigenvalue weighted by Gasteiger charge is -2.21. The smallest absolute Gasteiger partial charge is 0.227 e. The fourth-order valence-corrected chi connectivity index (χ4v) is 2.33. The van der Waals surface area contributed by atoms with Crippen LogP contribution < -0.4 is 10.6 Å². The molecule has 20 heavy (non-hydrogen) atoms. The van der Waals surface area contributed by atoms with Crippen LogP contribution in [0.4, 0.5) is 5.69 Å². The van der Waals surface area contributed by atoms with Crippen molar-refractivity contribution in [2.75, 3.05) is 18.4 Å². The van der Waals surface area contributed by atoms with E-state index in [1.54, 1.807) is 0 Å². The molecule has 2 rings (SSSR count). The normalized spacial score (nSPS) is 16.4. The number of anilines is 1. The van der Waals surface area contributed by atoms with Gasteiger partial charge in [0.15, 0.2) is 0 Å². The third-order valence-electron chi connectivity index (χ3n) is 3.49. The molecule has 0 atom stereocenters. The molecule has 0 unspecified atom stereocenters. The zero-order valence-corrected chi connectivity index (χ0v) is 12.3. The first-order chi connectivity index (χ1) is 9.65. The molecule has 1 aliphatic rings. The number of carbonyl (C=O) groups excluding carboxylic acids is 1. The van der Waals surface area contributed by atoms with Crippen LogP contribution in [0.3, 0.4) is 0 Å². The maximum absolute atomic E-state index is 12.2. The second-order valence-corrected chi connectivity index (χ2v) is 5.57. The minimum atomic E-state index is 0.131. The summed E-state index contributed by atoms with van der Waals surface area (Å²) in [6.45, 7) is 6.47. The molecule has 1 saturated heterocycles. The van der Waals surface area contributed by atoms with E-state index in [0.717, 1.165) is 37.2 Å². The van der Waals surface area contributed by atoms with E-state index in [-0.39, 0.29) is 17.9 Å². The molecule has 1 fully saturated rings. The quantitative estimate of drug-likeness (QED) is 0.869. The number of piperidine rings is 1. The molecule has 0 radical (unpaired) electrons. The first-order valence-corrected chi connectivity index (χ1v) is 7.37. The summed E-state index contributed by atoms with van der Waals surface area (Å²) < 4.78 is 5.58. The Morgan fingerprint density at radius 2 is 2.15 bits per heavy atom. The lowest BCUT2D eigenvalue weighted by atomic mass is 9.97. The molecule has 4 heteroatoms. The van der Waals surface area contributed by atoms with Crippen molar-refractivity contribution in [2.45, 2.75) is 39.4 Å². The van der Waals surface area contributed by atoms with E-state index in [0.29, 0.717) is 6.61 Å². The SMILES string of the molecule is CC(C)OCc1cccc(NC(=O)C2CCNCC2)c1. The Kier molecular flexibility index (Phi) is 5.56. The summed E-state index contributed by atoms with van der Waals surface area (Å²) in [7, 11) is 0. The van der Waals surface area contributed by atoms with Crippen LogP contribution in [0.15, 0.2) is 24.3 Å². The van der Waals surface area contributed by atoms with Gasteiger partial charge in [-0.15, -0.1) is 0 Å². The van der Waals surface area contributed by atoms with E-state index in [9.17, 15) is 4.79 Å². The van der Waals surface area contributed by atoms with E-state index in [2.05, 4.69) is 10.6 Å². The average molecular weight is 276 g/mol. The van der Waals surface area contributed by atoms with Gasteiger partial charge in [0, 0.05) is 11.6 Å². The monoisotopic (exact) mass is 276 g/mol. The number of benzene rings is 1. The molecule has 4 nitrogen and oxygen atoms in total. The third-order valence-corrected chi connectivity index (χ3v) is 3.49. The van der Waals surface area contributed by atoms with Crippen LogP contribution in [0.5, 0.6) is 0 Å². The molecule has 0 saturated carbocycles. The number of hydrogen-bond donors (Lipinski definition) is 2. The van der Waals surface area contributed by atoms with Gasteiger partial charge in [0.1, 0.15) is 0 Å². The second-order valence-electron chi connectivity index (χ2n) is 5.57. The van der Waals surface area contributed by atoms with Crippen molar-refractivity contribution in [3.63, 3.8) is 0 Å². The highest BCUT2D eigenvalue weighted by molar-refractivity contribution is 5.92. The number of amides is 1. The fourth-order valence-electron chi connectivity index (χ4n) is 2.33. The van der Waals surface area contributed by atoms with Crippen LogP contribution in [0, 0.1) is 5.92 Å². The summed E-state index contributed by atoms with van der Waals surface area (Å²) in [5.74, 6) is 0.264. The Labute approximate surface area is 120 Å². The van der Waals surface area contributed by atoms with E-state index >= 15 is 0 Å². The highest BCUT2D eigenvalue weighted by atomic mass is 16.5. The molecule has 110 valence electrons. The molecule has 1 aromatic carbocycles. The van der Waals surface area contributed by atoms with Gasteiger partial charge in [-0.25, -0.2) is 0 Å². The zero-order chi connectivity index (χ0) is 14.4. The molecule has 0 spiro atoms. The van der Waals surface area contributed by atoms with Gasteiger partial charge < -0.3 is 15.4 Å². The number of carbonyl (C=O) groups is 1. The van der Waals surface area contributed by atoms with Crippen molar-refractivity contribution in [1.29, 1.82) is 0 Å². The Morgan fingerprint density at radius 1 is 1.40 bits per heavy atom.